The molecule has 19 heavy (non-hydrogen) atoms. The number of carbonyl (C=O) groups is 1. The lowest BCUT2D eigenvalue weighted by molar-refractivity contribution is -0.119. The largest absolute Gasteiger partial charge is 0.369 e. The normalized spacial score (nSPS) is 11.4. The van der Waals surface area contributed by atoms with Crippen LogP contribution in [0.2, 0.25) is 0 Å². The number of unbranched alkanes of at least 4 members (excludes halogenated alkanes) is 1. The molecule has 1 rings (SSSR count). The zero-order chi connectivity index (χ0) is 14.3. The third-order valence-electron chi connectivity index (χ3n) is 2.91. The lowest BCUT2D eigenvalue weighted by atomic mass is 10.2. The molecule has 108 valence electrons. The fraction of sp³-hybridized carbons (Fsp3) is 0.692. The zero-order valence-corrected chi connectivity index (χ0v) is 13.1. The van der Waals surface area contributed by atoms with Gasteiger partial charge in [0.15, 0.2) is 0 Å². The van der Waals surface area contributed by atoms with Crippen LogP contribution in [0.3, 0.4) is 0 Å². The lowest BCUT2D eigenvalue weighted by Crippen LogP contribution is -2.39. The van der Waals surface area contributed by atoms with Crippen molar-refractivity contribution in [1.82, 2.24) is 9.88 Å². The van der Waals surface area contributed by atoms with E-state index < -0.39 is 0 Å². The lowest BCUT2D eigenvalue weighted by Gasteiger charge is -2.24. The van der Waals surface area contributed by atoms with Gasteiger partial charge in [0, 0.05) is 11.4 Å². The third kappa shape index (κ3) is 6.36. The van der Waals surface area contributed by atoms with Crippen LogP contribution in [0.1, 0.15) is 37.4 Å². The van der Waals surface area contributed by atoms with E-state index in [0.29, 0.717) is 18.5 Å². The number of thiazole rings is 1. The average molecular weight is 304 g/mol. The third-order valence-corrected chi connectivity index (χ3v) is 4.14. The smallest absolute Gasteiger partial charge is 0.231 e. The number of aryl methyl sites for hydroxylation is 1. The molecule has 1 amide bonds. The topological polar surface area (TPSA) is 59.2 Å². The van der Waals surface area contributed by atoms with Crippen LogP contribution in [0.4, 0.5) is 0 Å². The Kier molecular flexibility index (Phi) is 7.34. The average Bonchev–Trinajstić information content (AvgIpc) is 2.80. The molecule has 0 fully saturated rings. The first-order valence-corrected chi connectivity index (χ1v) is 7.96. The molecule has 0 spiro atoms. The molecule has 0 aliphatic rings. The molecule has 0 saturated heterocycles. The molecule has 4 nitrogen and oxygen atoms in total. The predicted octanol–water partition coefficient (Wildman–Crippen LogP) is 2.40. The van der Waals surface area contributed by atoms with E-state index in [1.807, 2.05) is 5.38 Å². The highest BCUT2D eigenvalue weighted by Gasteiger charge is 2.11. The van der Waals surface area contributed by atoms with Crippen molar-refractivity contribution >= 4 is 28.8 Å². The fourth-order valence-electron chi connectivity index (χ4n) is 1.84. The van der Waals surface area contributed by atoms with Crippen molar-refractivity contribution in [3.05, 3.63) is 16.1 Å². The van der Waals surface area contributed by atoms with Crippen LogP contribution < -0.4 is 5.73 Å². The summed E-state index contributed by atoms with van der Waals surface area (Å²) in [7, 11) is 0. The van der Waals surface area contributed by atoms with E-state index in [1.54, 1.807) is 11.3 Å². The van der Waals surface area contributed by atoms with Gasteiger partial charge >= 0.3 is 0 Å². The number of halogens is 1. The molecular weight excluding hydrogens is 282 g/mol. The highest BCUT2D eigenvalue weighted by Crippen LogP contribution is 2.14. The Morgan fingerprint density at radius 3 is 2.79 bits per heavy atom. The van der Waals surface area contributed by atoms with Crippen molar-refractivity contribution in [3.8, 4) is 0 Å². The summed E-state index contributed by atoms with van der Waals surface area (Å²) in [5.41, 5.74) is 6.20. The van der Waals surface area contributed by atoms with E-state index in [4.69, 9.17) is 17.3 Å². The number of nitrogens with two attached hydrogens (primary N) is 1. The minimum atomic E-state index is -0.264. The van der Waals surface area contributed by atoms with Crippen LogP contribution >= 0.6 is 22.9 Å². The highest BCUT2D eigenvalue weighted by molar-refractivity contribution is 7.09. The molecule has 1 aromatic rings. The summed E-state index contributed by atoms with van der Waals surface area (Å²) >= 11 is 7.39. The number of rotatable bonds is 9. The van der Waals surface area contributed by atoms with Gasteiger partial charge in [-0.15, -0.1) is 22.9 Å². The van der Waals surface area contributed by atoms with Gasteiger partial charge in [-0.05, 0) is 39.7 Å². The molecule has 0 aromatic carbocycles. The molecule has 0 aliphatic carbocycles. The van der Waals surface area contributed by atoms with Crippen LogP contribution in [-0.2, 0) is 17.1 Å². The molecule has 2 N–H and O–H groups in total. The Morgan fingerprint density at radius 1 is 1.53 bits per heavy atom. The van der Waals surface area contributed by atoms with E-state index in [9.17, 15) is 4.79 Å². The Balaban J connectivity index is 2.26. The summed E-state index contributed by atoms with van der Waals surface area (Å²) < 4.78 is 0. The zero-order valence-electron chi connectivity index (χ0n) is 11.6. The van der Waals surface area contributed by atoms with Crippen molar-refractivity contribution in [2.75, 3.05) is 13.1 Å². The fourth-order valence-corrected chi connectivity index (χ4v) is 2.90. The standard InChI is InChI=1S/C13H22ClN3OS/c1-10(2)17(8-12(15)18)6-4-3-5-13-16-11(7-14)9-19-13/h9-10H,3-8H2,1-2H3,(H2,15,18). The number of alkyl halides is 1. The predicted molar refractivity (Wildman–Crippen MR) is 80.5 cm³/mol. The number of hydrogen-bond acceptors (Lipinski definition) is 4. The molecule has 0 aliphatic heterocycles. The Bertz CT molecular complexity index is 395. The number of primary amides is 1. The molecule has 0 unspecified atom stereocenters. The molecule has 0 saturated carbocycles. The van der Waals surface area contributed by atoms with Gasteiger partial charge in [0.2, 0.25) is 5.91 Å². The van der Waals surface area contributed by atoms with Crippen LogP contribution in [0, 0.1) is 0 Å². The maximum absolute atomic E-state index is 11.0. The minimum absolute atomic E-state index is 0.264. The van der Waals surface area contributed by atoms with E-state index in [1.165, 1.54) is 0 Å². The summed E-state index contributed by atoms with van der Waals surface area (Å²) in [5, 5.41) is 3.15. The Morgan fingerprint density at radius 2 is 2.26 bits per heavy atom. The SMILES string of the molecule is CC(C)N(CCCCc1nc(CCl)cs1)CC(N)=O. The van der Waals surface area contributed by atoms with Gasteiger partial charge < -0.3 is 5.73 Å². The van der Waals surface area contributed by atoms with Gasteiger partial charge in [-0.25, -0.2) is 4.98 Å². The summed E-state index contributed by atoms with van der Waals surface area (Å²) in [6.45, 7) is 5.40. The Hall–Kier alpha value is -0.650. The quantitative estimate of drug-likeness (QED) is 0.563. The van der Waals surface area contributed by atoms with Crippen molar-refractivity contribution in [2.24, 2.45) is 5.73 Å². The second-order valence-electron chi connectivity index (χ2n) is 4.85. The summed E-state index contributed by atoms with van der Waals surface area (Å²) in [6, 6.07) is 0.343. The Labute approximate surface area is 124 Å². The second kappa shape index (κ2) is 8.51. The van der Waals surface area contributed by atoms with Gasteiger partial charge in [-0.3, -0.25) is 9.69 Å². The van der Waals surface area contributed by atoms with E-state index in [-0.39, 0.29) is 5.91 Å². The number of aromatic nitrogens is 1. The minimum Gasteiger partial charge on any atom is -0.369 e. The summed E-state index contributed by atoms with van der Waals surface area (Å²) in [4.78, 5) is 17.5. The summed E-state index contributed by atoms with van der Waals surface area (Å²) in [5.74, 6) is 0.219. The molecule has 6 heteroatoms. The molecule has 0 bridgehead atoms. The van der Waals surface area contributed by atoms with Crippen molar-refractivity contribution in [3.63, 3.8) is 0 Å². The first-order chi connectivity index (χ1) is 9.02. The second-order valence-corrected chi connectivity index (χ2v) is 6.06. The van der Waals surface area contributed by atoms with Gasteiger partial charge in [-0.2, -0.15) is 0 Å². The number of hydrogen-bond donors (Lipinski definition) is 1. The van der Waals surface area contributed by atoms with E-state index in [2.05, 4.69) is 23.7 Å². The highest BCUT2D eigenvalue weighted by atomic mass is 35.5. The van der Waals surface area contributed by atoms with Gasteiger partial charge in [0.05, 0.1) is 23.1 Å². The van der Waals surface area contributed by atoms with Crippen molar-refractivity contribution < 1.29 is 4.79 Å². The molecule has 1 heterocycles. The molecule has 1 aromatic heterocycles. The van der Waals surface area contributed by atoms with Gasteiger partial charge in [-0.1, -0.05) is 0 Å². The van der Waals surface area contributed by atoms with Crippen LogP contribution in [-0.4, -0.2) is 34.9 Å². The number of amides is 1. The molecule has 0 radical (unpaired) electrons. The van der Waals surface area contributed by atoms with Crippen molar-refractivity contribution in [2.45, 2.75) is 45.0 Å². The van der Waals surface area contributed by atoms with Crippen LogP contribution in [0.15, 0.2) is 5.38 Å². The number of nitrogens with zero attached hydrogens (tertiary/aromatic N) is 2. The van der Waals surface area contributed by atoms with Crippen molar-refractivity contribution in [1.29, 1.82) is 0 Å². The van der Waals surface area contributed by atoms with E-state index >= 15 is 0 Å². The number of carbonyl (C=O) groups excluding carboxylic acids is 1. The monoisotopic (exact) mass is 303 g/mol. The summed E-state index contributed by atoms with van der Waals surface area (Å²) in [6.07, 6.45) is 3.09. The molecular formula is C13H22ClN3OS. The van der Waals surface area contributed by atoms with Gasteiger partial charge in [0.1, 0.15) is 0 Å². The molecule has 0 atom stereocenters. The first kappa shape index (κ1) is 16.4. The van der Waals surface area contributed by atoms with Crippen LogP contribution in [0.25, 0.3) is 0 Å². The maximum Gasteiger partial charge on any atom is 0.231 e. The van der Waals surface area contributed by atoms with Gasteiger partial charge in [0.25, 0.3) is 0 Å². The maximum atomic E-state index is 11.0. The first-order valence-electron chi connectivity index (χ1n) is 6.54. The van der Waals surface area contributed by atoms with Crippen LogP contribution in [0.5, 0.6) is 0 Å². The van der Waals surface area contributed by atoms with E-state index in [0.717, 1.165) is 36.5 Å².